The second-order valence-electron chi connectivity index (χ2n) is 5.86. The number of hydrogen-bond donors (Lipinski definition) is 2. The third-order valence-corrected chi connectivity index (χ3v) is 4.31. The maximum Gasteiger partial charge on any atom is 0.268 e. The van der Waals surface area contributed by atoms with Crippen LogP contribution in [-0.2, 0) is 6.42 Å². The number of carbonyl (C=O) groups is 2. The predicted molar refractivity (Wildman–Crippen MR) is 85.1 cm³/mol. The largest absolute Gasteiger partial charge is 0.354 e. The number of amides is 1. The van der Waals surface area contributed by atoms with Crippen molar-refractivity contribution >= 4 is 11.7 Å². The highest BCUT2D eigenvalue weighted by Gasteiger charge is 2.26. The van der Waals surface area contributed by atoms with E-state index in [1.165, 1.54) is 0 Å². The first-order chi connectivity index (χ1) is 10.6. The molecule has 0 fully saturated rings. The SMILES string of the molecule is Cc1c(C(=O)N[C@H](C)c2ccccc2)[nH]c2c1C(=O)CCC2. The Bertz CT molecular complexity index is 716. The number of fused-ring (bicyclic) bond motifs is 1. The van der Waals surface area contributed by atoms with E-state index in [4.69, 9.17) is 0 Å². The van der Waals surface area contributed by atoms with Crippen LogP contribution < -0.4 is 5.32 Å². The molecule has 2 N–H and O–H groups in total. The molecule has 0 spiro atoms. The Labute approximate surface area is 129 Å². The molecule has 0 saturated heterocycles. The third-order valence-electron chi connectivity index (χ3n) is 4.31. The highest BCUT2D eigenvalue weighted by molar-refractivity contribution is 6.04. The molecule has 0 saturated carbocycles. The molecular weight excluding hydrogens is 276 g/mol. The summed E-state index contributed by atoms with van der Waals surface area (Å²) in [6.07, 6.45) is 2.27. The summed E-state index contributed by atoms with van der Waals surface area (Å²) in [5, 5.41) is 3.00. The lowest BCUT2D eigenvalue weighted by Crippen LogP contribution is -2.27. The Balaban J connectivity index is 1.83. The zero-order valence-electron chi connectivity index (χ0n) is 12.9. The van der Waals surface area contributed by atoms with Gasteiger partial charge in [-0.15, -0.1) is 0 Å². The zero-order valence-corrected chi connectivity index (χ0v) is 12.9. The highest BCUT2D eigenvalue weighted by Crippen LogP contribution is 2.26. The van der Waals surface area contributed by atoms with Gasteiger partial charge in [0.1, 0.15) is 5.69 Å². The van der Waals surface area contributed by atoms with E-state index in [1.807, 2.05) is 44.2 Å². The molecule has 1 aromatic heterocycles. The van der Waals surface area contributed by atoms with Gasteiger partial charge in [0.05, 0.1) is 6.04 Å². The van der Waals surface area contributed by atoms with Crippen molar-refractivity contribution in [1.82, 2.24) is 10.3 Å². The fourth-order valence-corrected chi connectivity index (χ4v) is 3.10. The van der Waals surface area contributed by atoms with E-state index in [2.05, 4.69) is 10.3 Å². The van der Waals surface area contributed by atoms with Crippen molar-refractivity contribution in [3.8, 4) is 0 Å². The number of hydrogen-bond acceptors (Lipinski definition) is 2. The topological polar surface area (TPSA) is 62.0 Å². The second kappa shape index (κ2) is 5.79. The normalized spacial score (nSPS) is 15.3. The van der Waals surface area contributed by atoms with Gasteiger partial charge in [0.2, 0.25) is 0 Å². The van der Waals surface area contributed by atoms with Crippen LogP contribution in [0.25, 0.3) is 0 Å². The number of nitrogens with one attached hydrogen (secondary N) is 2. The summed E-state index contributed by atoms with van der Waals surface area (Å²) in [7, 11) is 0. The maximum absolute atomic E-state index is 12.5. The van der Waals surface area contributed by atoms with Crippen molar-refractivity contribution in [2.24, 2.45) is 0 Å². The quantitative estimate of drug-likeness (QED) is 0.912. The lowest BCUT2D eigenvalue weighted by atomic mass is 9.94. The number of aryl methyl sites for hydroxylation is 1. The summed E-state index contributed by atoms with van der Waals surface area (Å²) in [6.45, 7) is 3.80. The number of rotatable bonds is 3. The molecule has 1 aliphatic rings. The van der Waals surface area contributed by atoms with Crippen molar-refractivity contribution in [3.05, 3.63) is 58.4 Å². The molecule has 1 aromatic carbocycles. The van der Waals surface area contributed by atoms with Crippen molar-refractivity contribution in [2.75, 3.05) is 0 Å². The van der Waals surface area contributed by atoms with Crippen LogP contribution in [0, 0.1) is 6.92 Å². The molecule has 2 aromatic rings. The highest BCUT2D eigenvalue weighted by atomic mass is 16.2. The number of H-pyrrole nitrogens is 1. The van der Waals surface area contributed by atoms with E-state index in [1.54, 1.807) is 0 Å². The van der Waals surface area contributed by atoms with Gasteiger partial charge in [-0.3, -0.25) is 9.59 Å². The fourth-order valence-electron chi connectivity index (χ4n) is 3.10. The Kier molecular flexibility index (Phi) is 3.84. The summed E-state index contributed by atoms with van der Waals surface area (Å²) >= 11 is 0. The molecular formula is C18H20N2O2. The lowest BCUT2D eigenvalue weighted by molar-refractivity contribution is 0.0934. The van der Waals surface area contributed by atoms with Gasteiger partial charge in [0, 0.05) is 17.7 Å². The van der Waals surface area contributed by atoms with Crippen molar-refractivity contribution in [3.63, 3.8) is 0 Å². The van der Waals surface area contributed by atoms with Gasteiger partial charge in [-0.1, -0.05) is 30.3 Å². The summed E-state index contributed by atoms with van der Waals surface area (Å²) in [5.41, 5.74) is 3.98. The third kappa shape index (κ3) is 2.56. The van der Waals surface area contributed by atoms with E-state index in [9.17, 15) is 9.59 Å². The molecule has 0 radical (unpaired) electrons. The fraction of sp³-hybridized carbons (Fsp3) is 0.333. The summed E-state index contributed by atoms with van der Waals surface area (Å²) in [5.74, 6) is -0.0128. The molecule has 4 nitrogen and oxygen atoms in total. The summed E-state index contributed by atoms with van der Waals surface area (Å²) in [4.78, 5) is 27.7. The van der Waals surface area contributed by atoms with Gasteiger partial charge in [0.15, 0.2) is 5.78 Å². The van der Waals surface area contributed by atoms with Crippen molar-refractivity contribution in [2.45, 2.75) is 39.2 Å². The van der Waals surface area contributed by atoms with Gasteiger partial charge in [-0.2, -0.15) is 0 Å². The molecule has 1 aliphatic carbocycles. The number of ketones is 1. The van der Waals surface area contributed by atoms with Crippen LogP contribution in [0.4, 0.5) is 0 Å². The minimum Gasteiger partial charge on any atom is -0.354 e. The molecule has 0 bridgehead atoms. The minimum atomic E-state index is -0.156. The number of Topliss-reactive ketones (excluding diaryl/α,β-unsaturated/α-hetero) is 1. The average Bonchev–Trinajstić information content (AvgIpc) is 2.86. The Morgan fingerprint density at radius 2 is 1.95 bits per heavy atom. The molecule has 0 unspecified atom stereocenters. The van der Waals surface area contributed by atoms with E-state index in [0.29, 0.717) is 12.1 Å². The Morgan fingerprint density at radius 1 is 1.23 bits per heavy atom. The molecule has 1 atom stereocenters. The van der Waals surface area contributed by atoms with Gasteiger partial charge >= 0.3 is 0 Å². The Hall–Kier alpha value is -2.36. The van der Waals surface area contributed by atoms with Crippen LogP contribution in [0.3, 0.4) is 0 Å². The molecule has 4 heteroatoms. The number of aromatic amines is 1. The number of benzene rings is 1. The van der Waals surface area contributed by atoms with Crippen LogP contribution in [0.15, 0.2) is 30.3 Å². The second-order valence-corrected chi connectivity index (χ2v) is 5.86. The van der Waals surface area contributed by atoms with E-state index >= 15 is 0 Å². The molecule has 114 valence electrons. The first-order valence-electron chi connectivity index (χ1n) is 7.68. The first-order valence-corrected chi connectivity index (χ1v) is 7.68. The van der Waals surface area contributed by atoms with Gasteiger partial charge in [0.25, 0.3) is 5.91 Å². The standard InChI is InChI=1S/C18H20N2O2/c1-11-16-14(9-6-10-15(16)21)20-17(11)18(22)19-12(2)13-7-4-3-5-8-13/h3-5,7-8,12,20H,6,9-10H2,1-2H3,(H,19,22)/t12-/m1/s1. The molecule has 0 aliphatic heterocycles. The summed E-state index contributed by atoms with van der Waals surface area (Å²) in [6, 6.07) is 9.75. The van der Waals surface area contributed by atoms with Crippen LogP contribution >= 0.6 is 0 Å². The van der Waals surface area contributed by atoms with Crippen molar-refractivity contribution < 1.29 is 9.59 Å². The number of carbonyl (C=O) groups excluding carboxylic acids is 2. The lowest BCUT2D eigenvalue weighted by Gasteiger charge is -2.14. The van der Waals surface area contributed by atoms with Gasteiger partial charge in [-0.05, 0) is 37.8 Å². The average molecular weight is 296 g/mol. The van der Waals surface area contributed by atoms with Crippen LogP contribution in [0.5, 0.6) is 0 Å². The monoisotopic (exact) mass is 296 g/mol. The molecule has 3 rings (SSSR count). The predicted octanol–water partition coefficient (Wildman–Crippen LogP) is 3.33. The maximum atomic E-state index is 12.5. The van der Waals surface area contributed by atoms with Crippen LogP contribution in [-0.4, -0.2) is 16.7 Å². The van der Waals surface area contributed by atoms with Crippen LogP contribution in [0.1, 0.15) is 63.5 Å². The van der Waals surface area contributed by atoms with Crippen LogP contribution in [0.2, 0.25) is 0 Å². The van der Waals surface area contributed by atoms with E-state index in [0.717, 1.165) is 35.2 Å². The molecule has 1 amide bonds. The minimum absolute atomic E-state index is 0.0795. The van der Waals surface area contributed by atoms with E-state index in [-0.39, 0.29) is 17.7 Å². The summed E-state index contributed by atoms with van der Waals surface area (Å²) < 4.78 is 0. The first kappa shape index (κ1) is 14.6. The Morgan fingerprint density at radius 3 is 2.64 bits per heavy atom. The molecule has 22 heavy (non-hydrogen) atoms. The van der Waals surface area contributed by atoms with Gasteiger partial charge < -0.3 is 10.3 Å². The molecule has 1 heterocycles. The van der Waals surface area contributed by atoms with Gasteiger partial charge in [-0.25, -0.2) is 0 Å². The zero-order chi connectivity index (χ0) is 15.7. The number of aromatic nitrogens is 1. The smallest absolute Gasteiger partial charge is 0.268 e. The van der Waals surface area contributed by atoms with Crippen molar-refractivity contribution in [1.29, 1.82) is 0 Å². The van der Waals surface area contributed by atoms with E-state index < -0.39 is 0 Å².